The van der Waals surface area contributed by atoms with Gasteiger partial charge in [-0.25, -0.2) is 0 Å². The highest BCUT2D eigenvalue weighted by atomic mass is 16.5. The van der Waals surface area contributed by atoms with Crippen LogP contribution in [0.15, 0.2) is 48.5 Å². The van der Waals surface area contributed by atoms with Crippen LogP contribution in [-0.4, -0.2) is 41.8 Å². The third-order valence-electron chi connectivity index (χ3n) is 5.45. The number of rotatable bonds is 6. The summed E-state index contributed by atoms with van der Waals surface area (Å²) in [4.78, 5) is 29.0. The van der Waals surface area contributed by atoms with Crippen LogP contribution in [0.25, 0.3) is 0 Å². The van der Waals surface area contributed by atoms with E-state index in [4.69, 9.17) is 4.74 Å². The van der Waals surface area contributed by atoms with E-state index in [2.05, 4.69) is 6.07 Å². The fourth-order valence-corrected chi connectivity index (χ4v) is 3.87. The Kier molecular flexibility index (Phi) is 6.34. The van der Waals surface area contributed by atoms with E-state index in [0.717, 1.165) is 23.3 Å². The minimum Gasteiger partial charge on any atom is -0.497 e. The molecular weight excluding hydrogens is 352 g/mol. The number of ether oxygens (including phenoxy) is 1. The van der Waals surface area contributed by atoms with Gasteiger partial charge in [-0.05, 0) is 42.2 Å². The SMILES string of the molecule is CCN(Cc1ccc(OC)cc1)C(=O)CC1c2ccccc2CCN1C(C)=O. The van der Waals surface area contributed by atoms with Gasteiger partial charge in [0, 0.05) is 26.6 Å². The molecule has 1 aliphatic rings. The Hall–Kier alpha value is -2.82. The molecule has 0 saturated carbocycles. The van der Waals surface area contributed by atoms with Crippen molar-refractivity contribution < 1.29 is 14.3 Å². The second-order valence-electron chi connectivity index (χ2n) is 7.14. The zero-order valence-electron chi connectivity index (χ0n) is 16.9. The number of amides is 2. The molecule has 1 aliphatic heterocycles. The van der Waals surface area contributed by atoms with Crippen molar-refractivity contribution in [1.29, 1.82) is 0 Å². The van der Waals surface area contributed by atoms with Gasteiger partial charge in [-0.2, -0.15) is 0 Å². The van der Waals surface area contributed by atoms with E-state index in [1.165, 1.54) is 5.56 Å². The lowest BCUT2D eigenvalue weighted by Gasteiger charge is -2.37. The molecule has 148 valence electrons. The zero-order chi connectivity index (χ0) is 20.1. The summed E-state index contributed by atoms with van der Waals surface area (Å²) in [7, 11) is 1.64. The van der Waals surface area contributed by atoms with Gasteiger partial charge >= 0.3 is 0 Å². The first-order chi connectivity index (χ1) is 13.5. The fraction of sp³-hybridized carbons (Fsp3) is 0.391. The van der Waals surface area contributed by atoms with Crippen LogP contribution in [0.2, 0.25) is 0 Å². The number of nitrogens with zero attached hydrogens (tertiary/aromatic N) is 2. The average molecular weight is 380 g/mol. The highest BCUT2D eigenvalue weighted by Crippen LogP contribution is 2.33. The van der Waals surface area contributed by atoms with E-state index in [1.807, 2.05) is 59.2 Å². The first-order valence-electron chi connectivity index (χ1n) is 9.79. The molecule has 0 spiro atoms. The molecule has 2 amide bonds. The molecule has 1 atom stereocenters. The molecule has 5 heteroatoms. The Morgan fingerprint density at radius 3 is 2.50 bits per heavy atom. The van der Waals surface area contributed by atoms with Gasteiger partial charge < -0.3 is 14.5 Å². The largest absolute Gasteiger partial charge is 0.497 e. The first-order valence-corrected chi connectivity index (χ1v) is 9.79. The highest BCUT2D eigenvalue weighted by molar-refractivity contribution is 5.79. The van der Waals surface area contributed by atoms with Gasteiger partial charge in [0.1, 0.15) is 5.75 Å². The lowest BCUT2D eigenvalue weighted by atomic mass is 9.90. The number of carbonyl (C=O) groups is 2. The van der Waals surface area contributed by atoms with E-state index in [9.17, 15) is 9.59 Å². The summed E-state index contributed by atoms with van der Waals surface area (Å²) in [5.74, 6) is 0.880. The maximum Gasteiger partial charge on any atom is 0.225 e. The van der Waals surface area contributed by atoms with E-state index < -0.39 is 0 Å². The summed E-state index contributed by atoms with van der Waals surface area (Å²) in [6.07, 6.45) is 1.14. The normalized spacial score (nSPS) is 15.7. The van der Waals surface area contributed by atoms with Crippen molar-refractivity contribution in [2.24, 2.45) is 0 Å². The molecule has 0 aromatic heterocycles. The summed E-state index contributed by atoms with van der Waals surface area (Å²) in [5.41, 5.74) is 3.39. The Morgan fingerprint density at radius 2 is 1.86 bits per heavy atom. The lowest BCUT2D eigenvalue weighted by Crippen LogP contribution is -2.42. The number of fused-ring (bicyclic) bond motifs is 1. The average Bonchev–Trinajstić information content (AvgIpc) is 2.72. The van der Waals surface area contributed by atoms with Crippen LogP contribution in [0.1, 0.15) is 43.0 Å². The first kappa shape index (κ1) is 19.9. The standard InChI is InChI=1S/C23H28N2O3/c1-4-24(16-18-9-11-20(28-3)12-10-18)23(27)15-22-21-8-6-5-7-19(21)13-14-25(22)17(2)26/h5-12,22H,4,13-16H2,1-3H3. The van der Waals surface area contributed by atoms with Crippen molar-refractivity contribution in [2.45, 2.75) is 39.3 Å². The summed E-state index contributed by atoms with van der Waals surface area (Å²) in [5, 5.41) is 0. The van der Waals surface area contributed by atoms with Gasteiger partial charge in [0.15, 0.2) is 0 Å². The van der Waals surface area contributed by atoms with Crippen LogP contribution in [0.3, 0.4) is 0 Å². The van der Waals surface area contributed by atoms with Crippen LogP contribution in [0.4, 0.5) is 0 Å². The third kappa shape index (κ3) is 4.35. The van der Waals surface area contributed by atoms with Gasteiger partial charge in [0.25, 0.3) is 0 Å². The van der Waals surface area contributed by atoms with Crippen molar-refractivity contribution in [2.75, 3.05) is 20.2 Å². The Bertz CT molecular complexity index is 832. The molecule has 2 aromatic carbocycles. The second kappa shape index (κ2) is 8.91. The summed E-state index contributed by atoms with van der Waals surface area (Å²) in [6, 6.07) is 15.7. The van der Waals surface area contributed by atoms with Crippen LogP contribution >= 0.6 is 0 Å². The molecule has 0 saturated heterocycles. The zero-order valence-corrected chi connectivity index (χ0v) is 16.9. The summed E-state index contributed by atoms with van der Waals surface area (Å²) < 4.78 is 5.20. The van der Waals surface area contributed by atoms with Gasteiger partial charge in [-0.1, -0.05) is 36.4 Å². The molecule has 0 fully saturated rings. The van der Waals surface area contributed by atoms with Gasteiger partial charge in [-0.15, -0.1) is 0 Å². The molecule has 1 heterocycles. The van der Waals surface area contributed by atoms with Crippen LogP contribution in [0.5, 0.6) is 5.75 Å². The van der Waals surface area contributed by atoms with E-state index in [-0.39, 0.29) is 17.9 Å². The molecule has 0 aliphatic carbocycles. The summed E-state index contributed by atoms with van der Waals surface area (Å²) >= 11 is 0. The number of hydrogen-bond donors (Lipinski definition) is 0. The third-order valence-corrected chi connectivity index (χ3v) is 5.45. The minimum atomic E-state index is -0.195. The predicted octanol–water partition coefficient (Wildman–Crippen LogP) is 3.58. The second-order valence-corrected chi connectivity index (χ2v) is 7.14. The topological polar surface area (TPSA) is 49.9 Å². The predicted molar refractivity (Wildman–Crippen MR) is 109 cm³/mol. The van der Waals surface area contributed by atoms with Crippen molar-refractivity contribution in [3.8, 4) is 5.75 Å². The van der Waals surface area contributed by atoms with E-state index in [0.29, 0.717) is 26.1 Å². The van der Waals surface area contributed by atoms with Crippen molar-refractivity contribution in [1.82, 2.24) is 9.80 Å². The van der Waals surface area contributed by atoms with Crippen molar-refractivity contribution in [3.05, 3.63) is 65.2 Å². The van der Waals surface area contributed by atoms with E-state index in [1.54, 1.807) is 14.0 Å². The molecule has 1 unspecified atom stereocenters. The van der Waals surface area contributed by atoms with Gasteiger partial charge in [-0.3, -0.25) is 9.59 Å². The Morgan fingerprint density at radius 1 is 1.14 bits per heavy atom. The van der Waals surface area contributed by atoms with Gasteiger partial charge in [0.2, 0.25) is 11.8 Å². The highest BCUT2D eigenvalue weighted by Gasteiger charge is 2.31. The number of carbonyl (C=O) groups excluding carboxylic acids is 2. The van der Waals surface area contributed by atoms with Crippen LogP contribution < -0.4 is 4.74 Å². The molecule has 0 bridgehead atoms. The number of benzene rings is 2. The van der Waals surface area contributed by atoms with Crippen molar-refractivity contribution in [3.63, 3.8) is 0 Å². The summed E-state index contributed by atoms with van der Waals surface area (Å²) in [6.45, 7) is 5.40. The quantitative estimate of drug-likeness (QED) is 0.770. The molecule has 2 aromatic rings. The van der Waals surface area contributed by atoms with Crippen LogP contribution in [0, 0.1) is 0 Å². The maximum atomic E-state index is 13.1. The molecule has 5 nitrogen and oxygen atoms in total. The molecule has 0 radical (unpaired) electrons. The fourth-order valence-electron chi connectivity index (χ4n) is 3.87. The molecule has 28 heavy (non-hydrogen) atoms. The molecular formula is C23H28N2O3. The Labute approximate surface area is 166 Å². The number of hydrogen-bond acceptors (Lipinski definition) is 3. The number of methoxy groups -OCH3 is 1. The van der Waals surface area contributed by atoms with Crippen LogP contribution in [-0.2, 0) is 22.6 Å². The molecule has 0 N–H and O–H groups in total. The Balaban J connectivity index is 1.77. The smallest absolute Gasteiger partial charge is 0.225 e. The molecule has 3 rings (SSSR count). The van der Waals surface area contributed by atoms with E-state index >= 15 is 0 Å². The minimum absolute atomic E-state index is 0.0190. The monoisotopic (exact) mass is 380 g/mol. The maximum absolute atomic E-state index is 13.1. The van der Waals surface area contributed by atoms with Gasteiger partial charge in [0.05, 0.1) is 19.6 Å². The van der Waals surface area contributed by atoms with Crippen molar-refractivity contribution >= 4 is 11.8 Å². The lowest BCUT2D eigenvalue weighted by molar-refractivity contribution is -0.137.